The van der Waals surface area contributed by atoms with Gasteiger partial charge >= 0.3 is 0 Å². The fraction of sp³-hybridized carbons (Fsp3) is 0.300. The van der Waals surface area contributed by atoms with Crippen LogP contribution in [-0.2, 0) is 13.1 Å². The Kier molecular flexibility index (Phi) is 4.85. The second kappa shape index (κ2) is 7.44. The molecule has 0 saturated heterocycles. The molecule has 0 fully saturated rings. The first-order valence-electron chi connectivity index (χ1n) is 8.81. The number of methoxy groups -OCH3 is 2. The van der Waals surface area contributed by atoms with Crippen molar-refractivity contribution < 1.29 is 14.3 Å². The molecule has 1 amide bonds. The van der Waals surface area contributed by atoms with Gasteiger partial charge in [0.2, 0.25) is 0 Å². The highest BCUT2D eigenvalue weighted by Gasteiger charge is 2.24. The summed E-state index contributed by atoms with van der Waals surface area (Å²) < 4.78 is 12.7. The van der Waals surface area contributed by atoms with E-state index in [0.29, 0.717) is 30.2 Å². The number of benzene rings is 1. The van der Waals surface area contributed by atoms with Crippen LogP contribution >= 0.6 is 11.3 Å². The molecular weight excluding hydrogens is 362 g/mol. The SMILES string of the molecule is COc1ccc(C(=O)N2CCCn3nc(-c4cccs4)cc3C2)c(OC)c1. The summed E-state index contributed by atoms with van der Waals surface area (Å²) in [7, 11) is 3.16. The predicted octanol–water partition coefficient (Wildman–Crippen LogP) is 3.67. The summed E-state index contributed by atoms with van der Waals surface area (Å²) in [4.78, 5) is 16.2. The Labute approximate surface area is 161 Å². The number of carbonyl (C=O) groups excluding carboxylic acids is 1. The summed E-state index contributed by atoms with van der Waals surface area (Å²) in [5.74, 6) is 1.15. The molecule has 3 aromatic rings. The number of carbonyl (C=O) groups is 1. The molecule has 2 aromatic heterocycles. The molecule has 4 rings (SSSR count). The summed E-state index contributed by atoms with van der Waals surface area (Å²) in [6, 6.07) is 11.5. The Hall–Kier alpha value is -2.80. The van der Waals surface area contributed by atoms with E-state index < -0.39 is 0 Å². The predicted molar refractivity (Wildman–Crippen MR) is 104 cm³/mol. The molecule has 0 radical (unpaired) electrons. The van der Waals surface area contributed by atoms with Crippen molar-refractivity contribution in [2.24, 2.45) is 0 Å². The third-order valence-corrected chi connectivity index (χ3v) is 5.61. The second-order valence-electron chi connectivity index (χ2n) is 6.37. The van der Waals surface area contributed by atoms with Gasteiger partial charge in [-0.1, -0.05) is 6.07 Å². The highest BCUT2D eigenvalue weighted by molar-refractivity contribution is 7.13. The van der Waals surface area contributed by atoms with Gasteiger partial charge < -0.3 is 14.4 Å². The third kappa shape index (κ3) is 3.42. The minimum Gasteiger partial charge on any atom is -0.497 e. The van der Waals surface area contributed by atoms with E-state index in [9.17, 15) is 4.79 Å². The monoisotopic (exact) mass is 383 g/mol. The smallest absolute Gasteiger partial charge is 0.257 e. The molecule has 0 saturated carbocycles. The lowest BCUT2D eigenvalue weighted by Gasteiger charge is -2.21. The van der Waals surface area contributed by atoms with Crippen molar-refractivity contribution in [2.75, 3.05) is 20.8 Å². The number of amides is 1. The number of fused-ring (bicyclic) bond motifs is 1. The zero-order valence-corrected chi connectivity index (χ0v) is 16.2. The molecule has 0 spiro atoms. The first-order chi connectivity index (χ1) is 13.2. The van der Waals surface area contributed by atoms with Crippen molar-refractivity contribution in [3.05, 3.63) is 53.0 Å². The normalized spacial score (nSPS) is 13.8. The van der Waals surface area contributed by atoms with E-state index in [1.54, 1.807) is 43.8 Å². The number of nitrogens with zero attached hydrogens (tertiary/aromatic N) is 3. The lowest BCUT2D eigenvalue weighted by atomic mass is 10.1. The van der Waals surface area contributed by atoms with Gasteiger partial charge in [-0.15, -0.1) is 11.3 Å². The van der Waals surface area contributed by atoms with Crippen molar-refractivity contribution in [3.63, 3.8) is 0 Å². The first kappa shape index (κ1) is 17.6. The molecule has 3 heterocycles. The number of hydrogen-bond donors (Lipinski definition) is 0. The topological polar surface area (TPSA) is 56.6 Å². The molecule has 27 heavy (non-hydrogen) atoms. The van der Waals surface area contributed by atoms with Crippen LogP contribution in [0.15, 0.2) is 41.8 Å². The third-order valence-electron chi connectivity index (χ3n) is 4.71. The van der Waals surface area contributed by atoms with Gasteiger partial charge in [0.15, 0.2) is 0 Å². The summed E-state index contributed by atoms with van der Waals surface area (Å²) in [5, 5.41) is 6.77. The number of rotatable bonds is 4. The Morgan fingerprint density at radius 2 is 2.04 bits per heavy atom. The van der Waals surface area contributed by atoms with Crippen molar-refractivity contribution >= 4 is 17.2 Å². The zero-order valence-electron chi connectivity index (χ0n) is 15.3. The van der Waals surface area contributed by atoms with Crippen LogP contribution in [0.25, 0.3) is 10.6 Å². The zero-order chi connectivity index (χ0) is 18.8. The number of aryl methyl sites for hydroxylation is 1. The standard InChI is InChI=1S/C20H21N3O3S/c1-25-15-6-7-16(18(12-15)26-2)20(24)22-8-4-9-23-14(13-22)11-17(21-23)19-5-3-10-27-19/h3,5-7,10-12H,4,8-9,13H2,1-2H3. The molecule has 7 heteroatoms. The van der Waals surface area contributed by atoms with E-state index in [-0.39, 0.29) is 5.91 Å². The van der Waals surface area contributed by atoms with Gasteiger partial charge in [-0.05, 0) is 36.1 Å². The van der Waals surface area contributed by atoms with Crippen LogP contribution in [0, 0.1) is 0 Å². The van der Waals surface area contributed by atoms with Gasteiger partial charge in [-0.2, -0.15) is 5.10 Å². The average Bonchev–Trinajstić information content (AvgIpc) is 3.33. The van der Waals surface area contributed by atoms with Crippen LogP contribution in [-0.4, -0.2) is 41.4 Å². The molecular formula is C20H21N3O3S. The maximum absolute atomic E-state index is 13.2. The van der Waals surface area contributed by atoms with E-state index >= 15 is 0 Å². The number of aromatic nitrogens is 2. The molecule has 6 nitrogen and oxygen atoms in total. The van der Waals surface area contributed by atoms with Gasteiger partial charge in [-0.3, -0.25) is 9.48 Å². The fourth-order valence-corrected chi connectivity index (χ4v) is 4.01. The molecule has 0 unspecified atom stereocenters. The largest absolute Gasteiger partial charge is 0.497 e. The second-order valence-corrected chi connectivity index (χ2v) is 7.32. The minimum absolute atomic E-state index is 0.0400. The van der Waals surface area contributed by atoms with Crippen LogP contribution < -0.4 is 9.47 Å². The summed E-state index contributed by atoms with van der Waals surface area (Å²) in [6.07, 6.45) is 0.864. The highest BCUT2D eigenvalue weighted by atomic mass is 32.1. The molecule has 0 bridgehead atoms. The Morgan fingerprint density at radius 1 is 1.15 bits per heavy atom. The van der Waals surface area contributed by atoms with E-state index in [4.69, 9.17) is 14.6 Å². The van der Waals surface area contributed by atoms with E-state index in [1.807, 2.05) is 21.0 Å². The number of thiophene rings is 1. The van der Waals surface area contributed by atoms with Gasteiger partial charge in [0.25, 0.3) is 5.91 Å². The van der Waals surface area contributed by atoms with Crippen molar-refractivity contribution in [1.82, 2.24) is 14.7 Å². The average molecular weight is 383 g/mol. The van der Waals surface area contributed by atoms with Gasteiger partial charge in [0.1, 0.15) is 17.2 Å². The molecule has 1 aromatic carbocycles. The summed E-state index contributed by atoms with van der Waals surface area (Å²) >= 11 is 1.67. The van der Waals surface area contributed by atoms with Crippen LogP contribution in [0.5, 0.6) is 11.5 Å². The van der Waals surface area contributed by atoms with Crippen molar-refractivity contribution in [2.45, 2.75) is 19.5 Å². The van der Waals surface area contributed by atoms with Crippen LogP contribution in [0.1, 0.15) is 22.5 Å². The van der Waals surface area contributed by atoms with Crippen LogP contribution in [0.4, 0.5) is 0 Å². The Balaban J connectivity index is 1.61. The van der Waals surface area contributed by atoms with Crippen molar-refractivity contribution in [3.8, 4) is 22.1 Å². The lowest BCUT2D eigenvalue weighted by Crippen LogP contribution is -2.31. The molecule has 0 aliphatic carbocycles. The van der Waals surface area contributed by atoms with Gasteiger partial charge in [-0.25, -0.2) is 0 Å². The Morgan fingerprint density at radius 3 is 2.78 bits per heavy atom. The quantitative estimate of drug-likeness (QED) is 0.690. The number of hydrogen-bond acceptors (Lipinski definition) is 5. The van der Waals surface area contributed by atoms with E-state index in [0.717, 1.165) is 29.2 Å². The number of ether oxygens (including phenoxy) is 2. The summed E-state index contributed by atoms with van der Waals surface area (Å²) in [5.41, 5.74) is 2.57. The first-order valence-corrected chi connectivity index (χ1v) is 9.69. The van der Waals surface area contributed by atoms with Crippen LogP contribution in [0.3, 0.4) is 0 Å². The molecule has 1 aliphatic heterocycles. The maximum atomic E-state index is 13.2. The van der Waals surface area contributed by atoms with Gasteiger partial charge in [0.05, 0.1) is 36.9 Å². The molecule has 0 atom stereocenters. The summed E-state index contributed by atoms with van der Waals surface area (Å²) in [6.45, 7) is 2.03. The molecule has 140 valence electrons. The van der Waals surface area contributed by atoms with E-state index in [2.05, 4.69) is 12.1 Å². The van der Waals surface area contributed by atoms with Crippen LogP contribution in [0.2, 0.25) is 0 Å². The van der Waals surface area contributed by atoms with E-state index in [1.165, 1.54) is 0 Å². The fourth-order valence-electron chi connectivity index (χ4n) is 3.33. The Bertz CT molecular complexity index is 950. The minimum atomic E-state index is -0.0400. The highest BCUT2D eigenvalue weighted by Crippen LogP contribution is 2.29. The van der Waals surface area contributed by atoms with Gasteiger partial charge in [0, 0.05) is 19.2 Å². The maximum Gasteiger partial charge on any atom is 0.257 e. The lowest BCUT2D eigenvalue weighted by molar-refractivity contribution is 0.0742. The molecule has 1 aliphatic rings. The molecule has 0 N–H and O–H groups in total. The van der Waals surface area contributed by atoms with Crippen molar-refractivity contribution in [1.29, 1.82) is 0 Å².